The Bertz CT molecular complexity index is 1500. The second-order valence-electron chi connectivity index (χ2n) is 8.15. The van der Waals surface area contributed by atoms with Gasteiger partial charge < -0.3 is 19.5 Å². The number of halogens is 1. The highest BCUT2D eigenvalue weighted by Gasteiger charge is 2.36. The molecule has 1 saturated heterocycles. The van der Waals surface area contributed by atoms with E-state index in [1.165, 1.54) is 14.2 Å². The Morgan fingerprint density at radius 1 is 1.08 bits per heavy atom. The zero-order valence-corrected chi connectivity index (χ0v) is 23.3. The summed E-state index contributed by atoms with van der Waals surface area (Å²) in [5, 5.41) is 11.1. The molecule has 1 N–H and O–H groups in total. The number of carbonyl (C=O) groups excluding carboxylic acids is 3. The lowest BCUT2D eigenvalue weighted by molar-refractivity contribution is -0.127. The molecule has 0 atom stereocenters. The van der Waals surface area contributed by atoms with Gasteiger partial charge >= 0.3 is 0 Å². The summed E-state index contributed by atoms with van der Waals surface area (Å²) in [6.07, 6.45) is 1.56. The largest absolute Gasteiger partial charge is 0.495 e. The number of carbonyl (C=O) groups is 3. The molecule has 39 heavy (non-hydrogen) atoms. The summed E-state index contributed by atoms with van der Waals surface area (Å²) in [6, 6.07) is 19.4. The predicted molar refractivity (Wildman–Crippen MR) is 150 cm³/mol. The number of benzene rings is 3. The number of nitrogens with one attached hydrogen (secondary N) is 1. The lowest BCUT2D eigenvalue weighted by Gasteiger charge is -2.14. The molecule has 198 valence electrons. The Balaban J connectivity index is 1.46. The van der Waals surface area contributed by atoms with Crippen LogP contribution in [0.2, 0.25) is 0 Å². The van der Waals surface area contributed by atoms with E-state index in [9.17, 15) is 14.4 Å². The summed E-state index contributed by atoms with van der Waals surface area (Å²) < 4.78 is 17.2. The van der Waals surface area contributed by atoms with Crippen molar-refractivity contribution >= 4 is 56.5 Å². The molecule has 4 rings (SSSR count). The molecule has 3 aromatic carbocycles. The Hall–Kier alpha value is -4.27. The second-order valence-corrected chi connectivity index (χ2v) is 10.00. The number of hydrogen-bond donors (Lipinski definition) is 1. The van der Waals surface area contributed by atoms with Gasteiger partial charge in [0.15, 0.2) is 11.5 Å². The van der Waals surface area contributed by atoms with Crippen molar-refractivity contribution < 1.29 is 28.6 Å². The molecule has 1 aliphatic rings. The third-order valence-electron chi connectivity index (χ3n) is 5.57. The number of imide groups is 1. The normalized spacial score (nSPS) is 13.8. The van der Waals surface area contributed by atoms with Crippen molar-refractivity contribution in [3.63, 3.8) is 0 Å². The van der Waals surface area contributed by atoms with E-state index in [0.29, 0.717) is 38.5 Å². The highest BCUT2D eigenvalue weighted by molar-refractivity contribution is 9.10. The number of hydrogen-bond acceptors (Lipinski definition) is 8. The maximum Gasteiger partial charge on any atom is 0.294 e. The summed E-state index contributed by atoms with van der Waals surface area (Å²) in [6.45, 7) is -0.189. The minimum Gasteiger partial charge on any atom is -0.495 e. The fourth-order valence-electron chi connectivity index (χ4n) is 3.66. The summed E-state index contributed by atoms with van der Waals surface area (Å²) >= 11 is 4.24. The van der Waals surface area contributed by atoms with Crippen LogP contribution in [0.1, 0.15) is 16.7 Å². The summed E-state index contributed by atoms with van der Waals surface area (Å²) in [5.41, 5.74) is 2.46. The van der Waals surface area contributed by atoms with Crippen LogP contribution < -0.4 is 19.5 Å². The highest BCUT2D eigenvalue weighted by Crippen LogP contribution is 2.39. The van der Waals surface area contributed by atoms with Gasteiger partial charge in [0.25, 0.3) is 11.1 Å². The Labute approximate surface area is 237 Å². The molecule has 1 aliphatic heterocycles. The fraction of sp³-hybridized carbons (Fsp3) is 0.143. The number of para-hydroxylation sites is 2. The van der Waals surface area contributed by atoms with Crippen LogP contribution in [0, 0.1) is 11.3 Å². The molecule has 0 aliphatic carbocycles. The molecule has 0 aromatic heterocycles. The number of methoxy groups -OCH3 is 2. The lowest BCUT2D eigenvalue weighted by Crippen LogP contribution is -2.36. The summed E-state index contributed by atoms with van der Waals surface area (Å²) in [7, 11) is 2.97. The number of amides is 3. The average Bonchev–Trinajstić information content (AvgIpc) is 3.19. The van der Waals surface area contributed by atoms with Gasteiger partial charge in [-0.1, -0.05) is 24.3 Å². The van der Waals surface area contributed by atoms with Gasteiger partial charge in [0.1, 0.15) is 18.9 Å². The van der Waals surface area contributed by atoms with E-state index in [4.69, 9.17) is 19.5 Å². The van der Waals surface area contributed by atoms with Gasteiger partial charge in [0.05, 0.1) is 40.9 Å². The van der Waals surface area contributed by atoms with E-state index in [1.807, 2.05) is 0 Å². The van der Waals surface area contributed by atoms with Gasteiger partial charge in [-0.15, -0.1) is 0 Å². The number of rotatable bonds is 9. The molecule has 3 aromatic rings. The van der Waals surface area contributed by atoms with E-state index >= 15 is 0 Å². The maximum absolute atomic E-state index is 13.0. The molecule has 0 saturated carbocycles. The molecule has 1 heterocycles. The minimum atomic E-state index is -0.573. The highest BCUT2D eigenvalue weighted by atomic mass is 79.9. The topological polar surface area (TPSA) is 118 Å². The fourth-order valence-corrected chi connectivity index (χ4v) is 5.08. The first kappa shape index (κ1) is 27.8. The van der Waals surface area contributed by atoms with Gasteiger partial charge in [0, 0.05) is 0 Å². The van der Waals surface area contributed by atoms with E-state index in [0.717, 1.165) is 22.2 Å². The van der Waals surface area contributed by atoms with Crippen molar-refractivity contribution in [2.45, 2.75) is 6.61 Å². The summed E-state index contributed by atoms with van der Waals surface area (Å²) in [5.74, 6) is 0.233. The number of anilines is 1. The Kier molecular flexibility index (Phi) is 8.91. The first-order valence-electron chi connectivity index (χ1n) is 11.5. The second kappa shape index (κ2) is 12.5. The van der Waals surface area contributed by atoms with Crippen molar-refractivity contribution in [3.8, 4) is 23.3 Å². The van der Waals surface area contributed by atoms with E-state index in [-0.39, 0.29) is 11.5 Å². The van der Waals surface area contributed by atoms with Crippen LogP contribution in [-0.2, 0) is 16.2 Å². The molecule has 1 fully saturated rings. The van der Waals surface area contributed by atoms with Crippen molar-refractivity contribution in [1.29, 1.82) is 5.26 Å². The number of nitrogens with zero attached hydrogens (tertiary/aromatic N) is 2. The third kappa shape index (κ3) is 6.60. The van der Waals surface area contributed by atoms with Crippen LogP contribution >= 0.6 is 27.7 Å². The van der Waals surface area contributed by atoms with Gasteiger partial charge in [-0.05, 0) is 81.3 Å². The third-order valence-corrected chi connectivity index (χ3v) is 7.07. The molecule has 0 bridgehead atoms. The van der Waals surface area contributed by atoms with Crippen LogP contribution in [0.5, 0.6) is 17.2 Å². The SMILES string of the molecule is COc1ccccc1NC(=O)CN1C(=O)S/C(=C/c2cc(Br)c(OCc3ccc(C#N)cc3)c(OC)c2)C1=O. The molecule has 11 heteroatoms. The van der Waals surface area contributed by atoms with E-state index in [2.05, 4.69) is 27.3 Å². The monoisotopic (exact) mass is 607 g/mol. The van der Waals surface area contributed by atoms with Crippen LogP contribution in [0.25, 0.3) is 6.08 Å². The average molecular weight is 608 g/mol. The standard InChI is InChI=1S/C28H22BrN3O6S/c1-36-22-6-4-3-5-21(22)31-25(33)15-32-27(34)24(39-28(32)35)13-19-11-20(29)26(23(12-19)37-2)38-16-18-9-7-17(14-30)8-10-18/h3-13H,15-16H2,1-2H3,(H,31,33)/b24-13+. The predicted octanol–water partition coefficient (Wildman–Crippen LogP) is 5.59. The van der Waals surface area contributed by atoms with E-state index in [1.54, 1.807) is 66.7 Å². The molecule has 0 unspecified atom stereocenters. The molecule has 0 spiro atoms. The van der Waals surface area contributed by atoms with Crippen LogP contribution in [0.15, 0.2) is 70.0 Å². The van der Waals surface area contributed by atoms with Crippen LogP contribution in [0.3, 0.4) is 0 Å². The quantitative estimate of drug-likeness (QED) is 0.313. The number of ether oxygens (including phenoxy) is 3. The van der Waals surface area contributed by atoms with Crippen LogP contribution in [-0.4, -0.2) is 42.7 Å². The number of nitriles is 1. The summed E-state index contributed by atoms with van der Waals surface area (Å²) in [4.78, 5) is 39.1. The van der Waals surface area contributed by atoms with Crippen LogP contribution in [0.4, 0.5) is 10.5 Å². The van der Waals surface area contributed by atoms with Crippen molar-refractivity contribution in [1.82, 2.24) is 4.90 Å². The first-order valence-corrected chi connectivity index (χ1v) is 13.1. The zero-order chi connectivity index (χ0) is 27.9. The van der Waals surface area contributed by atoms with Crippen molar-refractivity contribution in [2.24, 2.45) is 0 Å². The molecule has 3 amide bonds. The Morgan fingerprint density at radius 3 is 2.49 bits per heavy atom. The minimum absolute atomic E-state index is 0.172. The van der Waals surface area contributed by atoms with Gasteiger partial charge in [-0.25, -0.2) is 0 Å². The van der Waals surface area contributed by atoms with Gasteiger partial charge in [-0.3, -0.25) is 19.3 Å². The molecular formula is C28H22BrN3O6S. The van der Waals surface area contributed by atoms with Gasteiger partial charge in [0.2, 0.25) is 5.91 Å². The lowest BCUT2D eigenvalue weighted by atomic mass is 10.1. The van der Waals surface area contributed by atoms with E-state index < -0.39 is 23.6 Å². The first-order chi connectivity index (χ1) is 18.8. The smallest absolute Gasteiger partial charge is 0.294 e. The van der Waals surface area contributed by atoms with Crippen molar-refractivity contribution in [2.75, 3.05) is 26.1 Å². The maximum atomic E-state index is 13.0. The zero-order valence-electron chi connectivity index (χ0n) is 20.9. The molecular weight excluding hydrogens is 586 g/mol. The van der Waals surface area contributed by atoms with Crippen molar-refractivity contribution in [3.05, 3.63) is 86.7 Å². The number of thioether (sulfide) groups is 1. The Morgan fingerprint density at radius 2 is 1.79 bits per heavy atom. The molecule has 9 nitrogen and oxygen atoms in total. The molecule has 0 radical (unpaired) electrons. The van der Waals surface area contributed by atoms with Gasteiger partial charge in [-0.2, -0.15) is 5.26 Å².